The summed E-state index contributed by atoms with van der Waals surface area (Å²) in [7, 11) is 0. The van der Waals surface area contributed by atoms with Crippen LogP contribution >= 0.6 is 11.3 Å². The number of benzene rings is 7. The number of rotatable bonds is 5. The summed E-state index contributed by atoms with van der Waals surface area (Å²) in [5, 5.41) is 5.17. The fraction of sp³-hybridized carbons (Fsp3) is 0.0980. The van der Waals surface area contributed by atoms with E-state index in [4.69, 9.17) is 0 Å². The summed E-state index contributed by atoms with van der Waals surface area (Å²) in [5.74, 6) is 0. The predicted octanol–water partition coefficient (Wildman–Crippen LogP) is 14.9. The molecule has 11 rings (SSSR count). The fourth-order valence-corrected chi connectivity index (χ4v) is 10.4. The van der Waals surface area contributed by atoms with Crippen LogP contribution in [0.5, 0.6) is 0 Å². The van der Waals surface area contributed by atoms with E-state index in [9.17, 15) is 0 Å². The number of hydrogen-bond acceptors (Lipinski definition) is 2. The van der Waals surface area contributed by atoms with E-state index >= 15 is 0 Å². The molecule has 0 saturated carbocycles. The Bertz CT molecular complexity index is 3020. The number of nitrogens with zero attached hydrogens (tertiary/aromatic N) is 1. The maximum Gasteiger partial charge on any atom is 0.0544 e. The zero-order chi connectivity index (χ0) is 36.0. The van der Waals surface area contributed by atoms with Crippen LogP contribution in [0.3, 0.4) is 0 Å². The number of aromatic nitrogens is 1. The van der Waals surface area contributed by atoms with Crippen LogP contribution in [0.1, 0.15) is 37.8 Å². The monoisotopic (exact) mass is 710 g/mol. The number of aromatic amines is 1. The standard InChI is InChI=1S/C51H38N2S/c1-51(2)45-18-6-3-13-39(45)44-31-37(26-28-46(44)51)53(35-24-21-32(22-25-35)33-23-27-42-41-15-5-8-20-48(41)54-49(42)30-33)36-12-9-11-34(29-36)38-16-10-17-43-40-14-4-7-19-47(40)52-50(38)43/h3-5,7-17,19-31,52H,6,18H2,1-2H3. The van der Waals surface area contributed by atoms with Crippen LogP contribution in [0.2, 0.25) is 0 Å². The molecule has 3 heteroatoms. The van der Waals surface area contributed by atoms with Gasteiger partial charge in [-0.05, 0) is 101 Å². The summed E-state index contributed by atoms with van der Waals surface area (Å²) in [4.78, 5) is 6.17. The zero-order valence-electron chi connectivity index (χ0n) is 30.4. The molecule has 0 saturated heterocycles. The van der Waals surface area contributed by atoms with Crippen LogP contribution in [0, 0.1) is 0 Å². The lowest BCUT2D eigenvalue weighted by Crippen LogP contribution is -2.18. The van der Waals surface area contributed by atoms with Crippen molar-refractivity contribution in [1.29, 1.82) is 0 Å². The van der Waals surface area contributed by atoms with Crippen LogP contribution in [0.25, 0.3) is 69.8 Å². The predicted molar refractivity (Wildman–Crippen MR) is 233 cm³/mol. The molecule has 54 heavy (non-hydrogen) atoms. The molecule has 2 aromatic heterocycles. The molecule has 258 valence electrons. The third-order valence-electron chi connectivity index (χ3n) is 11.9. The highest BCUT2D eigenvalue weighted by atomic mass is 32.1. The minimum atomic E-state index is 0.0358. The molecule has 0 amide bonds. The van der Waals surface area contributed by atoms with E-state index in [0.29, 0.717) is 0 Å². The van der Waals surface area contributed by atoms with Crippen LogP contribution in [0.15, 0.2) is 169 Å². The van der Waals surface area contributed by atoms with E-state index in [-0.39, 0.29) is 5.41 Å². The maximum atomic E-state index is 3.74. The second-order valence-corrected chi connectivity index (χ2v) is 16.4. The number of H-pyrrole nitrogens is 1. The van der Waals surface area contributed by atoms with Crippen molar-refractivity contribution in [2.45, 2.75) is 32.1 Å². The largest absolute Gasteiger partial charge is 0.354 e. The quantitative estimate of drug-likeness (QED) is 0.188. The number of anilines is 3. The number of allylic oxidation sites excluding steroid dienone is 4. The fourth-order valence-electron chi connectivity index (χ4n) is 9.25. The summed E-state index contributed by atoms with van der Waals surface area (Å²) in [6.45, 7) is 4.79. The van der Waals surface area contributed by atoms with E-state index in [1.165, 1.54) is 75.4 Å². The normalized spacial score (nSPS) is 14.7. The third kappa shape index (κ3) is 4.78. The Kier molecular flexibility index (Phi) is 6.93. The minimum absolute atomic E-state index is 0.0358. The van der Waals surface area contributed by atoms with E-state index in [0.717, 1.165) is 35.4 Å². The Labute approximate surface area is 319 Å². The molecule has 2 aliphatic rings. The molecule has 7 aromatic carbocycles. The van der Waals surface area contributed by atoms with Crippen molar-refractivity contribution in [2.75, 3.05) is 4.90 Å². The van der Waals surface area contributed by atoms with Crippen molar-refractivity contribution in [2.24, 2.45) is 0 Å². The van der Waals surface area contributed by atoms with Crippen LogP contribution in [0.4, 0.5) is 17.1 Å². The van der Waals surface area contributed by atoms with Gasteiger partial charge in [-0.3, -0.25) is 0 Å². The molecule has 2 heterocycles. The van der Waals surface area contributed by atoms with Crippen molar-refractivity contribution < 1.29 is 0 Å². The van der Waals surface area contributed by atoms with Crippen molar-refractivity contribution >= 4 is 76.0 Å². The van der Waals surface area contributed by atoms with E-state index in [1.807, 2.05) is 11.3 Å². The Morgan fingerprint density at radius 1 is 0.556 bits per heavy atom. The molecule has 0 unspecified atom stereocenters. The van der Waals surface area contributed by atoms with E-state index in [1.54, 1.807) is 5.57 Å². The van der Waals surface area contributed by atoms with Gasteiger partial charge in [-0.25, -0.2) is 0 Å². The molecule has 1 N–H and O–H groups in total. The van der Waals surface area contributed by atoms with Crippen molar-refractivity contribution in [3.63, 3.8) is 0 Å². The Morgan fingerprint density at radius 3 is 2.20 bits per heavy atom. The summed E-state index contributed by atoms with van der Waals surface area (Å²) >= 11 is 1.87. The highest BCUT2D eigenvalue weighted by Gasteiger charge is 2.37. The molecule has 0 fully saturated rings. The smallest absolute Gasteiger partial charge is 0.0544 e. The lowest BCUT2D eigenvalue weighted by atomic mass is 9.78. The number of nitrogens with one attached hydrogen (secondary N) is 1. The molecule has 0 spiro atoms. The van der Waals surface area contributed by atoms with Crippen molar-refractivity contribution in [3.05, 3.63) is 181 Å². The molecule has 9 aromatic rings. The minimum Gasteiger partial charge on any atom is -0.354 e. The molecular weight excluding hydrogens is 673 g/mol. The molecule has 0 aliphatic heterocycles. The van der Waals surface area contributed by atoms with Crippen molar-refractivity contribution in [3.8, 4) is 22.3 Å². The Hall–Kier alpha value is -6.16. The SMILES string of the molecule is CC1(C)C2=C(C=CCC2)c2cc(N(c3ccc(-c4ccc5c(c4)sc4ccccc45)cc3)c3cccc(-c4cccc5c4[nH]c4ccccc45)c3)ccc21. The second-order valence-electron chi connectivity index (χ2n) is 15.3. The summed E-state index contributed by atoms with van der Waals surface area (Å²) in [5.41, 5.74) is 16.4. The molecular formula is C51H38N2S. The molecule has 0 bridgehead atoms. The topological polar surface area (TPSA) is 19.0 Å². The first-order chi connectivity index (χ1) is 26.5. The Balaban J connectivity index is 1.05. The van der Waals surface area contributed by atoms with Gasteiger partial charge < -0.3 is 9.88 Å². The average Bonchev–Trinajstić information content (AvgIpc) is 3.86. The van der Waals surface area contributed by atoms with Gasteiger partial charge in [0.05, 0.1) is 5.52 Å². The lowest BCUT2D eigenvalue weighted by molar-refractivity contribution is 0.607. The molecule has 2 aliphatic carbocycles. The number of fused-ring (bicyclic) bond motifs is 8. The Morgan fingerprint density at radius 2 is 1.30 bits per heavy atom. The lowest BCUT2D eigenvalue weighted by Gasteiger charge is -2.28. The third-order valence-corrected chi connectivity index (χ3v) is 13.1. The van der Waals surface area contributed by atoms with Gasteiger partial charge in [0.1, 0.15) is 0 Å². The second kappa shape index (κ2) is 11.9. The van der Waals surface area contributed by atoms with E-state index < -0.39 is 0 Å². The maximum absolute atomic E-state index is 3.74. The number of hydrogen-bond donors (Lipinski definition) is 1. The van der Waals surface area contributed by atoms with Gasteiger partial charge in [-0.2, -0.15) is 0 Å². The van der Waals surface area contributed by atoms with Gasteiger partial charge in [0, 0.05) is 64.5 Å². The zero-order valence-corrected chi connectivity index (χ0v) is 31.2. The van der Waals surface area contributed by atoms with Crippen LogP contribution in [-0.4, -0.2) is 4.98 Å². The first-order valence-corrected chi connectivity index (χ1v) is 19.8. The molecule has 0 atom stereocenters. The van der Waals surface area contributed by atoms with Gasteiger partial charge in [-0.1, -0.05) is 129 Å². The summed E-state index contributed by atoms with van der Waals surface area (Å²) in [6.07, 6.45) is 6.96. The van der Waals surface area contributed by atoms with Crippen molar-refractivity contribution in [1.82, 2.24) is 4.98 Å². The van der Waals surface area contributed by atoms with Gasteiger partial charge >= 0.3 is 0 Å². The summed E-state index contributed by atoms with van der Waals surface area (Å²) in [6, 6.07) is 56.2. The van der Waals surface area contributed by atoms with Crippen LogP contribution in [-0.2, 0) is 5.41 Å². The number of thiophene rings is 1. The van der Waals surface area contributed by atoms with Crippen LogP contribution < -0.4 is 4.90 Å². The first-order valence-electron chi connectivity index (χ1n) is 19.0. The van der Waals surface area contributed by atoms with Gasteiger partial charge in [0.15, 0.2) is 0 Å². The van der Waals surface area contributed by atoms with Gasteiger partial charge in [0.25, 0.3) is 0 Å². The van der Waals surface area contributed by atoms with E-state index in [2.05, 4.69) is 188 Å². The molecule has 2 nitrogen and oxygen atoms in total. The summed E-state index contributed by atoms with van der Waals surface area (Å²) < 4.78 is 2.66. The highest BCUT2D eigenvalue weighted by Crippen LogP contribution is 2.52. The van der Waals surface area contributed by atoms with Gasteiger partial charge in [-0.15, -0.1) is 11.3 Å². The van der Waals surface area contributed by atoms with Gasteiger partial charge in [0.2, 0.25) is 0 Å². The first kappa shape index (κ1) is 31.4. The molecule has 0 radical (unpaired) electrons. The number of para-hydroxylation sites is 2. The highest BCUT2D eigenvalue weighted by molar-refractivity contribution is 7.25. The average molecular weight is 711 g/mol.